The first-order valence-electron chi connectivity index (χ1n) is 11.7. The molecule has 0 fully saturated rings. The number of aryl methyl sites for hydroxylation is 3. The van der Waals surface area contributed by atoms with Gasteiger partial charge in [0.15, 0.2) is 5.78 Å². The van der Waals surface area contributed by atoms with Crippen molar-refractivity contribution in [3.05, 3.63) is 87.0 Å². The van der Waals surface area contributed by atoms with E-state index in [9.17, 15) is 14.4 Å². The molecule has 7 nitrogen and oxygen atoms in total. The number of nitrogens with one attached hydrogen (secondary N) is 2. The van der Waals surface area contributed by atoms with Crippen molar-refractivity contribution in [2.75, 3.05) is 0 Å². The molecule has 1 unspecified atom stereocenters. The summed E-state index contributed by atoms with van der Waals surface area (Å²) in [5.74, 6) is -0.496. The summed E-state index contributed by atoms with van der Waals surface area (Å²) in [5, 5.41) is 3.74. The fraction of sp³-hybridized carbons (Fsp3) is 0.321. The van der Waals surface area contributed by atoms with Crippen LogP contribution in [0.2, 0.25) is 0 Å². The van der Waals surface area contributed by atoms with Gasteiger partial charge in [-0.05, 0) is 82.0 Å². The average molecular weight is 475 g/mol. The van der Waals surface area contributed by atoms with Gasteiger partial charge in [-0.2, -0.15) is 0 Å². The van der Waals surface area contributed by atoms with Crippen molar-refractivity contribution in [2.24, 2.45) is 5.73 Å². The van der Waals surface area contributed by atoms with Crippen LogP contribution in [0.4, 0.5) is 0 Å². The minimum absolute atomic E-state index is 0.0955. The van der Waals surface area contributed by atoms with E-state index in [1.54, 1.807) is 18.2 Å². The van der Waals surface area contributed by atoms with E-state index >= 15 is 0 Å². The van der Waals surface area contributed by atoms with Gasteiger partial charge in [0.25, 0.3) is 11.5 Å². The number of aromatic nitrogens is 2. The van der Waals surface area contributed by atoms with Crippen molar-refractivity contribution < 1.29 is 9.59 Å². The Hall–Kier alpha value is -3.71. The largest absolute Gasteiger partial charge is 0.348 e. The van der Waals surface area contributed by atoms with Crippen LogP contribution >= 0.6 is 0 Å². The number of fused-ring (bicyclic) bond motifs is 1. The number of aromatic amines is 1. The van der Waals surface area contributed by atoms with Gasteiger partial charge >= 0.3 is 0 Å². The molecule has 1 aromatic carbocycles. The Morgan fingerprint density at radius 1 is 1.17 bits per heavy atom. The molecule has 1 atom stereocenters. The highest BCUT2D eigenvalue weighted by Crippen LogP contribution is 2.32. The number of benzene rings is 1. The molecule has 7 heteroatoms. The zero-order valence-electron chi connectivity index (χ0n) is 21.3. The number of amides is 1. The van der Waals surface area contributed by atoms with E-state index in [0.717, 1.165) is 27.7 Å². The van der Waals surface area contributed by atoms with Gasteiger partial charge < -0.3 is 20.6 Å². The number of allylic oxidation sites excluding steroid dienone is 2. The second-order valence-corrected chi connectivity index (χ2v) is 9.30. The summed E-state index contributed by atoms with van der Waals surface area (Å²) in [6.45, 7) is 15.1. The van der Waals surface area contributed by atoms with Crippen molar-refractivity contribution in [1.82, 2.24) is 14.9 Å². The molecule has 184 valence electrons. The van der Waals surface area contributed by atoms with Gasteiger partial charge in [0.1, 0.15) is 0 Å². The Labute approximate surface area is 205 Å². The zero-order chi connectivity index (χ0) is 26.0. The summed E-state index contributed by atoms with van der Waals surface area (Å²) in [7, 11) is 0. The van der Waals surface area contributed by atoms with Crippen LogP contribution in [-0.2, 0) is 11.3 Å². The third-order valence-electron chi connectivity index (χ3n) is 6.25. The predicted octanol–water partition coefficient (Wildman–Crippen LogP) is 4.25. The number of H-pyrrole nitrogens is 1. The molecular weight excluding hydrogens is 440 g/mol. The minimum Gasteiger partial charge on any atom is -0.348 e. The number of pyridine rings is 1. The highest BCUT2D eigenvalue weighted by Gasteiger charge is 2.22. The van der Waals surface area contributed by atoms with E-state index in [2.05, 4.69) is 35.3 Å². The Morgan fingerprint density at radius 2 is 1.86 bits per heavy atom. The maximum Gasteiger partial charge on any atom is 0.253 e. The van der Waals surface area contributed by atoms with Gasteiger partial charge in [-0.25, -0.2) is 0 Å². The fourth-order valence-electron chi connectivity index (χ4n) is 4.45. The van der Waals surface area contributed by atoms with Crippen LogP contribution in [0.5, 0.6) is 0 Å². The lowest BCUT2D eigenvalue weighted by Crippen LogP contribution is -2.30. The summed E-state index contributed by atoms with van der Waals surface area (Å²) in [6.07, 6.45) is 5.31. The van der Waals surface area contributed by atoms with Crippen LogP contribution in [0.3, 0.4) is 0 Å². The van der Waals surface area contributed by atoms with E-state index in [1.165, 1.54) is 6.92 Å². The predicted molar refractivity (Wildman–Crippen MR) is 142 cm³/mol. The maximum atomic E-state index is 13.5. The van der Waals surface area contributed by atoms with Crippen molar-refractivity contribution >= 4 is 28.2 Å². The molecule has 0 saturated carbocycles. The van der Waals surface area contributed by atoms with Crippen LogP contribution < -0.4 is 16.6 Å². The lowest BCUT2D eigenvalue weighted by molar-refractivity contribution is -0.117. The number of carbonyl (C=O) groups is 2. The van der Waals surface area contributed by atoms with Gasteiger partial charge in [-0.15, -0.1) is 0 Å². The zero-order valence-corrected chi connectivity index (χ0v) is 21.3. The number of Topliss-reactive ketones (excluding diaryl/α,β-unsaturated/α-hetero) is 1. The number of rotatable bonds is 8. The third kappa shape index (κ3) is 5.20. The summed E-state index contributed by atoms with van der Waals surface area (Å²) in [4.78, 5) is 40.9. The highest BCUT2D eigenvalue weighted by molar-refractivity contribution is 6.09. The summed E-state index contributed by atoms with van der Waals surface area (Å²) in [6, 6.07) is 4.91. The Balaban J connectivity index is 2.17. The van der Waals surface area contributed by atoms with Crippen molar-refractivity contribution in [3.8, 4) is 0 Å². The lowest BCUT2D eigenvalue weighted by atomic mass is 9.92. The Bertz CT molecular complexity index is 1410. The Morgan fingerprint density at radius 3 is 2.43 bits per heavy atom. The average Bonchev–Trinajstić information content (AvgIpc) is 3.12. The smallest absolute Gasteiger partial charge is 0.253 e. The standard InChI is InChI=1S/C28H34N4O3/c1-8-9-21(26(29)19(7)33)20-11-22(25-17(5)14-32(15(2)3)24(25)12-20)27(34)30-13-23-16(4)10-18(6)31-28(23)35/h8-12,14-15,26H,1,13,29H2,2-7H3,(H,30,34)(H,31,35)/b21-9-. The molecule has 2 heterocycles. The van der Waals surface area contributed by atoms with E-state index in [4.69, 9.17) is 5.73 Å². The Kier molecular flexibility index (Phi) is 7.60. The molecule has 0 saturated heterocycles. The molecule has 1 amide bonds. The van der Waals surface area contributed by atoms with E-state index in [0.29, 0.717) is 22.3 Å². The van der Waals surface area contributed by atoms with Gasteiger partial charge in [0.05, 0.1) is 6.04 Å². The molecule has 3 aromatic rings. The van der Waals surface area contributed by atoms with Crippen LogP contribution in [0, 0.1) is 20.8 Å². The molecule has 3 rings (SSSR count). The number of hydrogen-bond acceptors (Lipinski definition) is 4. The van der Waals surface area contributed by atoms with Crippen molar-refractivity contribution in [2.45, 2.75) is 60.2 Å². The molecule has 0 radical (unpaired) electrons. The molecule has 0 aliphatic rings. The third-order valence-corrected chi connectivity index (χ3v) is 6.25. The summed E-state index contributed by atoms with van der Waals surface area (Å²) >= 11 is 0. The monoisotopic (exact) mass is 474 g/mol. The molecule has 35 heavy (non-hydrogen) atoms. The fourth-order valence-corrected chi connectivity index (χ4v) is 4.45. The number of nitrogens with two attached hydrogens (primary N) is 1. The van der Waals surface area contributed by atoms with Gasteiger partial charge in [-0.1, -0.05) is 18.7 Å². The molecule has 2 aromatic heterocycles. The second kappa shape index (κ2) is 10.3. The maximum absolute atomic E-state index is 13.5. The van der Waals surface area contributed by atoms with Crippen LogP contribution in [0.25, 0.3) is 16.5 Å². The molecule has 0 spiro atoms. The van der Waals surface area contributed by atoms with E-state index < -0.39 is 6.04 Å². The van der Waals surface area contributed by atoms with Crippen molar-refractivity contribution in [3.63, 3.8) is 0 Å². The quantitative estimate of drug-likeness (QED) is 0.424. The van der Waals surface area contributed by atoms with Crippen LogP contribution in [0.1, 0.15) is 65.1 Å². The molecule has 4 N–H and O–H groups in total. The number of carbonyl (C=O) groups excluding carboxylic acids is 2. The van der Waals surface area contributed by atoms with Crippen LogP contribution in [-0.4, -0.2) is 27.3 Å². The first-order valence-corrected chi connectivity index (χ1v) is 11.7. The van der Waals surface area contributed by atoms with Gasteiger partial charge in [0.2, 0.25) is 0 Å². The lowest BCUT2D eigenvalue weighted by Gasteiger charge is -2.17. The number of nitrogens with zero attached hydrogens (tertiary/aromatic N) is 1. The summed E-state index contributed by atoms with van der Waals surface area (Å²) < 4.78 is 2.10. The summed E-state index contributed by atoms with van der Waals surface area (Å²) in [5.41, 5.74) is 11.7. The van der Waals surface area contributed by atoms with Crippen molar-refractivity contribution in [1.29, 1.82) is 0 Å². The molecular formula is C28H34N4O3. The SMILES string of the molecule is C=C/C=C(/c1cc(C(=O)NCc2c(C)cc(C)[nH]c2=O)c2c(C)cn(C(C)C)c2c1)C(N)C(C)=O. The first-order chi connectivity index (χ1) is 16.5. The van der Waals surface area contributed by atoms with E-state index in [1.807, 2.05) is 39.1 Å². The van der Waals surface area contributed by atoms with E-state index in [-0.39, 0.29) is 29.8 Å². The number of hydrogen-bond donors (Lipinski definition) is 3. The second-order valence-electron chi connectivity index (χ2n) is 9.30. The van der Waals surface area contributed by atoms with Gasteiger partial charge in [-0.3, -0.25) is 14.4 Å². The first kappa shape index (κ1) is 25.9. The molecule has 0 aliphatic carbocycles. The topological polar surface area (TPSA) is 110 Å². The highest BCUT2D eigenvalue weighted by atomic mass is 16.2. The number of ketones is 1. The molecule has 0 aliphatic heterocycles. The van der Waals surface area contributed by atoms with Gasteiger partial charge in [0, 0.05) is 46.5 Å². The molecule has 0 bridgehead atoms. The van der Waals surface area contributed by atoms with Crippen LogP contribution in [0.15, 0.2) is 47.9 Å². The minimum atomic E-state index is -0.848. The normalized spacial score (nSPS) is 12.7.